The molecule has 4 unspecified atom stereocenters. The number of ether oxygens (including phenoxy) is 8. The Bertz CT molecular complexity index is 870. The smallest absolute Gasteiger partial charge is 0.303 e. The highest BCUT2D eigenvalue weighted by atomic mass is 16.7. The first kappa shape index (κ1) is 31.4. The van der Waals surface area contributed by atoms with Crippen LogP contribution in [0.4, 0.5) is 0 Å². The molecule has 0 saturated carbocycles. The molecule has 0 aromatic rings. The van der Waals surface area contributed by atoms with Crippen molar-refractivity contribution < 1.29 is 67.0 Å². The van der Waals surface area contributed by atoms with Gasteiger partial charge in [-0.05, 0) is 0 Å². The van der Waals surface area contributed by atoms with Gasteiger partial charge in [-0.3, -0.25) is 24.0 Å². The van der Waals surface area contributed by atoms with Gasteiger partial charge in [0.15, 0.2) is 24.8 Å². The van der Waals surface area contributed by atoms with Crippen molar-refractivity contribution in [1.29, 1.82) is 0 Å². The molecule has 38 heavy (non-hydrogen) atoms. The Hall–Kier alpha value is -2.81. The first-order chi connectivity index (χ1) is 17.7. The summed E-state index contributed by atoms with van der Waals surface area (Å²) in [5.74, 6) is -4.60. The quantitative estimate of drug-likeness (QED) is 0.301. The minimum Gasteiger partial charge on any atom is -0.463 e. The highest BCUT2D eigenvalue weighted by Crippen LogP contribution is 2.36. The highest BCUT2D eigenvalue weighted by molar-refractivity contribution is 5.67. The van der Waals surface area contributed by atoms with E-state index in [1.807, 2.05) is 0 Å². The van der Waals surface area contributed by atoms with E-state index >= 15 is 0 Å². The maximum atomic E-state index is 12.0. The molecular weight excluding hydrogens is 512 g/mol. The van der Waals surface area contributed by atoms with Crippen molar-refractivity contribution in [3.8, 4) is 0 Å². The van der Waals surface area contributed by atoms with E-state index in [4.69, 9.17) is 37.9 Å². The normalized spacial score (nSPS) is 34.9. The van der Waals surface area contributed by atoms with E-state index in [1.165, 1.54) is 27.7 Å². The molecule has 0 amide bonds. The van der Waals surface area contributed by atoms with Gasteiger partial charge in [0.25, 0.3) is 0 Å². The third-order valence-electron chi connectivity index (χ3n) is 6.08. The first-order valence-electron chi connectivity index (χ1n) is 12.1. The van der Waals surface area contributed by atoms with E-state index in [0.717, 1.165) is 6.92 Å². The molecule has 2 aliphatic heterocycles. The Kier molecular flexibility index (Phi) is 11.4. The molecular formula is C24H36O14. The molecule has 0 radical (unpaired) electrons. The third kappa shape index (κ3) is 8.61. The van der Waals surface area contributed by atoms with Crippen LogP contribution in [0.1, 0.15) is 48.5 Å². The molecule has 0 aliphatic carbocycles. The van der Waals surface area contributed by atoms with Gasteiger partial charge >= 0.3 is 29.8 Å². The van der Waals surface area contributed by atoms with Crippen LogP contribution in [0.2, 0.25) is 0 Å². The van der Waals surface area contributed by atoms with Crippen molar-refractivity contribution in [3.05, 3.63) is 0 Å². The Morgan fingerprint density at radius 1 is 0.605 bits per heavy atom. The summed E-state index contributed by atoms with van der Waals surface area (Å²) >= 11 is 0. The van der Waals surface area contributed by atoms with E-state index in [1.54, 1.807) is 13.8 Å². The predicted molar refractivity (Wildman–Crippen MR) is 123 cm³/mol. The van der Waals surface area contributed by atoms with Gasteiger partial charge in [0.05, 0.1) is 6.10 Å². The van der Waals surface area contributed by atoms with Gasteiger partial charge in [-0.1, -0.05) is 13.8 Å². The fourth-order valence-corrected chi connectivity index (χ4v) is 4.45. The fourth-order valence-electron chi connectivity index (χ4n) is 4.45. The minimum atomic E-state index is -1.55. The summed E-state index contributed by atoms with van der Waals surface area (Å²) in [6.07, 6.45) is -9.14. The van der Waals surface area contributed by atoms with Crippen molar-refractivity contribution in [2.45, 2.75) is 97.7 Å². The number of aliphatic hydroxyl groups is 1. The molecule has 0 bridgehead atoms. The summed E-state index contributed by atoms with van der Waals surface area (Å²) in [6.45, 7) is 8.57. The Morgan fingerprint density at radius 3 is 1.50 bits per heavy atom. The van der Waals surface area contributed by atoms with Gasteiger partial charge < -0.3 is 43.0 Å². The van der Waals surface area contributed by atoms with Crippen LogP contribution in [-0.4, -0.2) is 97.4 Å². The SMILES string of the molecule is CC(=O)OCC1O[C@@H](O[C@H]2C(C)C(OC(C)=O)[C@H](O)O[C@H]2COC(C)=O)C(OC(C)=O)[C@@H](C)[C@H]1OC(C)=O. The Morgan fingerprint density at radius 2 is 1.03 bits per heavy atom. The van der Waals surface area contributed by atoms with E-state index in [-0.39, 0.29) is 13.2 Å². The third-order valence-corrected chi connectivity index (χ3v) is 6.08. The molecule has 0 aromatic heterocycles. The zero-order chi connectivity index (χ0) is 28.7. The molecule has 1 N–H and O–H groups in total. The van der Waals surface area contributed by atoms with Gasteiger partial charge in [-0.2, -0.15) is 0 Å². The molecule has 10 atom stereocenters. The molecule has 14 heteroatoms. The average molecular weight is 549 g/mol. The Labute approximate surface area is 220 Å². The van der Waals surface area contributed by atoms with Crippen LogP contribution in [0, 0.1) is 11.8 Å². The maximum Gasteiger partial charge on any atom is 0.303 e. The van der Waals surface area contributed by atoms with Crippen LogP contribution < -0.4 is 0 Å². The van der Waals surface area contributed by atoms with Crippen LogP contribution in [0.15, 0.2) is 0 Å². The average Bonchev–Trinajstić information content (AvgIpc) is 2.79. The number of hydrogen-bond donors (Lipinski definition) is 1. The monoisotopic (exact) mass is 548 g/mol. The van der Waals surface area contributed by atoms with Gasteiger partial charge in [0, 0.05) is 46.5 Å². The summed E-state index contributed by atoms with van der Waals surface area (Å²) < 4.78 is 44.1. The zero-order valence-corrected chi connectivity index (χ0v) is 22.4. The second-order valence-electron chi connectivity index (χ2n) is 9.25. The predicted octanol–water partition coefficient (Wildman–Crippen LogP) is 0.00720. The number of hydrogen-bond acceptors (Lipinski definition) is 14. The summed E-state index contributed by atoms with van der Waals surface area (Å²) in [5, 5.41) is 10.5. The number of carbonyl (C=O) groups is 5. The van der Waals surface area contributed by atoms with Gasteiger partial charge in [0.1, 0.15) is 31.5 Å². The summed E-state index contributed by atoms with van der Waals surface area (Å²) in [5.41, 5.74) is 0. The van der Waals surface area contributed by atoms with Crippen LogP contribution in [0.25, 0.3) is 0 Å². The van der Waals surface area contributed by atoms with Crippen molar-refractivity contribution in [2.24, 2.45) is 11.8 Å². The second kappa shape index (κ2) is 13.8. The topological polar surface area (TPSA) is 179 Å². The van der Waals surface area contributed by atoms with Gasteiger partial charge in [0.2, 0.25) is 0 Å². The van der Waals surface area contributed by atoms with Crippen LogP contribution >= 0.6 is 0 Å². The van der Waals surface area contributed by atoms with E-state index in [0.29, 0.717) is 0 Å². The largest absolute Gasteiger partial charge is 0.463 e. The lowest BCUT2D eigenvalue weighted by Crippen LogP contribution is -2.62. The number of aliphatic hydroxyl groups excluding tert-OH is 1. The highest BCUT2D eigenvalue weighted by Gasteiger charge is 2.52. The summed E-state index contributed by atoms with van der Waals surface area (Å²) in [6, 6.07) is 0. The van der Waals surface area contributed by atoms with Crippen molar-refractivity contribution in [2.75, 3.05) is 13.2 Å². The molecule has 2 fully saturated rings. The lowest BCUT2D eigenvalue weighted by Gasteiger charge is -2.48. The molecule has 14 nitrogen and oxygen atoms in total. The lowest BCUT2D eigenvalue weighted by atomic mass is 9.88. The maximum absolute atomic E-state index is 12.0. The van der Waals surface area contributed by atoms with Gasteiger partial charge in [-0.25, -0.2) is 0 Å². The lowest BCUT2D eigenvalue weighted by molar-refractivity contribution is -0.344. The second-order valence-corrected chi connectivity index (χ2v) is 9.25. The first-order valence-corrected chi connectivity index (χ1v) is 12.1. The van der Waals surface area contributed by atoms with Crippen LogP contribution in [-0.2, 0) is 61.9 Å². The van der Waals surface area contributed by atoms with E-state index in [2.05, 4.69) is 0 Å². The van der Waals surface area contributed by atoms with E-state index < -0.39 is 90.9 Å². The standard InChI is InChI=1S/C24H36O14/c1-10-20(17(8-31-12(3)25)36-23(30)21(10)34-15(6)28)38-24-22(35-16(7)29)11(2)19(33-14(5)27)18(37-24)9-32-13(4)26/h10-11,17-24,30H,8-9H2,1-7H3/t10?,11-,17-,18?,19+,20-,21?,22?,23+,24-/m0/s1. The van der Waals surface area contributed by atoms with Crippen molar-refractivity contribution in [1.82, 2.24) is 0 Å². The summed E-state index contributed by atoms with van der Waals surface area (Å²) in [7, 11) is 0. The number of rotatable bonds is 9. The fraction of sp³-hybridized carbons (Fsp3) is 0.792. The summed E-state index contributed by atoms with van der Waals surface area (Å²) in [4.78, 5) is 58.3. The molecule has 0 spiro atoms. The molecule has 0 aromatic carbocycles. The zero-order valence-electron chi connectivity index (χ0n) is 22.4. The van der Waals surface area contributed by atoms with E-state index in [9.17, 15) is 29.1 Å². The molecule has 2 aliphatic rings. The van der Waals surface area contributed by atoms with Crippen LogP contribution in [0.5, 0.6) is 0 Å². The van der Waals surface area contributed by atoms with Gasteiger partial charge in [-0.15, -0.1) is 0 Å². The molecule has 216 valence electrons. The molecule has 2 saturated heterocycles. The number of esters is 5. The minimum absolute atomic E-state index is 0.299. The Balaban J connectivity index is 2.42. The molecule has 2 rings (SSSR count). The number of carbonyl (C=O) groups excluding carboxylic acids is 5. The van der Waals surface area contributed by atoms with Crippen molar-refractivity contribution >= 4 is 29.8 Å². The van der Waals surface area contributed by atoms with Crippen LogP contribution in [0.3, 0.4) is 0 Å². The molecule has 2 heterocycles. The van der Waals surface area contributed by atoms with Crippen molar-refractivity contribution in [3.63, 3.8) is 0 Å².